The summed E-state index contributed by atoms with van der Waals surface area (Å²) in [6, 6.07) is 1.27. The van der Waals surface area contributed by atoms with Crippen LogP contribution >= 0.6 is 0 Å². The standard InChI is InChI=1S/C17H22N6O3/c1-12-11-18-13(2)16(19-12)22-9-7-21(8-10-22)15(25)4-6-23-5-3-14(24)20-17(23)26/h3,5,11H,4,6-10H2,1-2H3,(H,20,24,26). The monoisotopic (exact) mass is 358 g/mol. The van der Waals surface area contributed by atoms with Crippen LogP contribution in [0.2, 0.25) is 0 Å². The average molecular weight is 358 g/mol. The molecule has 1 saturated heterocycles. The summed E-state index contributed by atoms with van der Waals surface area (Å²) in [5.41, 5.74) is 0.815. The van der Waals surface area contributed by atoms with Gasteiger partial charge in [0, 0.05) is 57.6 Å². The molecule has 26 heavy (non-hydrogen) atoms. The second-order valence-corrected chi connectivity index (χ2v) is 6.34. The summed E-state index contributed by atoms with van der Waals surface area (Å²) in [5, 5.41) is 0. The van der Waals surface area contributed by atoms with Gasteiger partial charge in [0.2, 0.25) is 5.91 Å². The van der Waals surface area contributed by atoms with Crippen molar-refractivity contribution in [1.82, 2.24) is 24.4 Å². The van der Waals surface area contributed by atoms with Crippen molar-refractivity contribution in [3.8, 4) is 0 Å². The van der Waals surface area contributed by atoms with Crippen molar-refractivity contribution in [1.29, 1.82) is 0 Å². The van der Waals surface area contributed by atoms with Crippen molar-refractivity contribution in [3.63, 3.8) is 0 Å². The molecule has 0 bridgehead atoms. The Bertz CT molecular complexity index is 911. The van der Waals surface area contributed by atoms with Gasteiger partial charge in [-0.15, -0.1) is 0 Å². The van der Waals surface area contributed by atoms with Crippen LogP contribution in [0.15, 0.2) is 28.0 Å². The Morgan fingerprint density at radius 2 is 1.92 bits per heavy atom. The molecule has 3 heterocycles. The summed E-state index contributed by atoms with van der Waals surface area (Å²) in [6.45, 7) is 6.70. The number of aromatic amines is 1. The Morgan fingerprint density at radius 1 is 1.19 bits per heavy atom. The van der Waals surface area contributed by atoms with E-state index in [0.717, 1.165) is 17.2 Å². The van der Waals surface area contributed by atoms with Crippen molar-refractivity contribution in [2.45, 2.75) is 26.8 Å². The van der Waals surface area contributed by atoms with E-state index in [4.69, 9.17) is 0 Å². The summed E-state index contributed by atoms with van der Waals surface area (Å²) in [6.07, 6.45) is 3.37. The molecule has 0 aliphatic carbocycles. The minimum absolute atomic E-state index is 0.00482. The number of hydrogen-bond donors (Lipinski definition) is 1. The van der Waals surface area contributed by atoms with E-state index in [0.29, 0.717) is 26.2 Å². The second-order valence-electron chi connectivity index (χ2n) is 6.34. The number of carbonyl (C=O) groups excluding carboxylic acids is 1. The molecule has 1 N–H and O–H groups in total. The molecule has 0 aromatic carbocycles. The predicted molar refractivity (Wildman–Crippen MR) is 96.2 cm³/mol. The van der Waals surface area contributed by atoms with Crippen LogP contribution in [0, 0.1) is 13.8 Å². The molecule has 2 aromatic rings. The second kappa shape index (κ2) is 7.51. The van der Waals surface area contributed by atoms with Crippen LogP contribution in [0.1, 0.15) is 17.8 Å². The highest BCUT2D eigenvalue weighted by atomic mass is 16.2. The zero-order valence-corrected chi connectivity index (χ0v) is 14.9. The molecule has 1 aliphatic heterocycles. The van der Waals surface area contributed by atoms with E-state index in [9.17, 15) is 14.4 Å². The lowest BCUT2D eigenvalue weighted by Crippen LogP contribution is -2.49. The maximum atomic E-state index is 12.4. The first-order valence-corrected chi connectivity index (χ1v) is 8.57. The van der Waals surface area contributed by atoms with E-state index in [1.807, 2.05) is 13.8 Å². The lowest BCUT2D eigenvalue weighted by atomic mass is 10.2. The third-order valence-electron chi connectivity index (χ3n) is 4.45. The van der Waals surface area contributed by atoms with Crippen LogP contribution in [-0.2, 0) is 11.3 Å². The molecule has 3 rings (SSSR count). The van der Waals surface area contributed by atoms with Crippen LogP contribution in [0.5, 0.6) is 0 Å². The number of anilines is 1. The molecule has 1 aliphatic rings. The summed E-state index contributed by atoms with van der Waals surface area (Å²) in [7, 11) is 0. The number of aromatic nitrogens is 4. The van der Waals surface area contributed by atoms with Crippen LogP contribution in [0.4, 0.5) is 5.82 Å². The lowest BCUT2D eigenvalue weighted by molar-refractivity contribution is -0.131. The number of nitrogens with zero attached hydrogens (tertiary/aromatic N) is 5. The molecule has 2 aromatic heterocycles. The van der Waals surface area contributed by atoms with Gasteiger partial charge < -0.3 is 14.4 Å². The fourth-order valence-electron chi connectivity index (χ4n) is 2.99. The lowest BCUT2D eigenvalue weighted by Gasteiger charge is -2.36. The van der Waals surface area contributed by atoms with E-state index in [-0.39, 0.29) is 18.9 Å². The highest BCUT2D eigenvalue weighted by Crippen LogP contribution is 2.17. The molecular formula is C17H22N6O3. The zero-order valence-electron chi connectivity index (χ0n) is 14.9. The number of rotatable bonds is 4. The van der Waals surface area contributed by atoms with E-state index in [1.54, 1.807) is 11.1 Å². The van der Waals surface area contributed by atoms with E-state index < -0.39 is 11.2 Å². The van der Waals surface area contributed by atoms with Gasteiger partial charge in [-0.2, -0.15) is 0 Å². The summed E-state index contributed by atoms with van der Waals surface area (Å²) < 4.78 is 1.33. The number of hydrogen-bond acceptors (Lipinski definition) is 6. The number of amides is 1. The van der Waals surface area contributed by atoms with Crippen molar-refractivity contribution in [2.75, 3.05) is 31.1 Å². The summed E-state index contributed by atoms with van der Waals surface area (Å²) in [5.74, 6) is 0.867. The average Bonchev–Trinajstić information content (AvgIpc) is 2.63. The SMILES string of the molecule is Cc1cnc(C)c(N2CCN(C(=O)CCn3ccc(=O)[nH]c3=O)CC2)n1. The number of H-pyrrole nitrogens is 1. The minimum atomic E-state index is -0.497. The molecule has 0 saturated carbocycles. The molecule has 1 fully saturated rings. The molecule has 0 radical (unpaired) electrons. The highest BCUT2D eigenvalue weighted by Gasteiger charge is 2.23. The van der Waals surface area contributed by atoms with Gasteiger partial charge in [-0.05, 0) is 13.8 Å². The molecule has 9 heteroatoms. The van der Waals surface area contributed by atoms with Gasteiger partial charge in [0.15, 0.2) is 0 Å². The molecule has 9 nitrogen and oxygen atoms in total. The first-order chi connectivity index (χ1) is 12.4. The predicted octanol–water partition coefficient (Wildman–Crippen LogP) is -0.318. The van der Waals surface area contributed by atoms with Gasteiger partial charge in [-0.3, -0.25) is 19.6 Å². The third-order valence-corrected chi connectivity index (χ3v) is 4.45. The normalized spacial score (nSPS) is 14.5. The van der Waals surface area contributed by atoms with Gasteiger partial charge in [0.25, 0.3) is 5.56 Å². The highest BCUT2D eigenvalue weighted by molar-refractivity contribution is 5.76. The summed E-state index contributed by atoms with van der Waals surface area (Å²) in [4.78, 5) is 50.1. The molecular weight excluding hydrogens is 336 g/mol. The zero-order chi connectivity index (χ0) is 18.7. The Balaban J connectivity index is 1.56. The van der Waals surface area contributed by atoms with Crippen molar-refractivity contribution in [2.24, 2.45) is 0 Å². The number of nitrogens with one attached hydrogen (secondary N) is 1. The minimum Gasteiger partial charge on any atom is -0.352 e. The van der Waals surface area contributed by atoms with Crippen molar-refractivity contribution >= 4 is 11.7 Å². The Labute approximate surface area is 150 Å². The van der Waals surface area contributed by atoms with Crippen LogP contribution in [0.25, 0.3) is 0 Å². The smallest absolute Gasteiger partial charge is 0.328 e. The first-order valence-electron chi connectivity index (χ1n) is 8.57. The van der Waals surface area contributed by atoms with Crippen LogP contribution in [-0.4, -0.2) is 56.5 Å². The van der Waals surface area contributed by atoms with Crippen molar-refractivity contribution < 1.29 is 4.79 Å². The Morgan fingerprint density at radius 3 is 2.62 bits per heavy atom. The topological polar surface area (TPSA) is 104 Å². The van der Waals surface area contributed by atoms with Gasteiger partial charge in [-0.25, -0.2) is 9.78 Å². The van der Waals surface area contributed by atoms with Gasteiger partial charge in [0.05, 0.1) is 11.4 Å². The number of carbonyl (C=O) groups is 1. The molecule has 0 spiro atoms. The molecule has 0 atom stereocenters. The maximum absolute atomic E-state index is 12.4. The molecule has 138 valence electrons. The maximum Gasteiger partial charge on any atom is 0.328 e. The fourth-order valence-corrected chi connectivity index (χ4v) is 2.99. The Hall–Kier alpha value is -2.97. The van der Waals surface area contributed by atoms with Crippen LogP contribution in [0.3, 0.4) is 0 Å². The van der Waals surface area contributed by atoms with E-state index in [1.165, 1.54) is 16.8 Å². The summed E-state index contributed by atoms with van der Waals surface area (Å²) >= 11 is 0. The number of piperazine rings is 1. The third kappa shape index (κ3) is 3.98. The van der Waals surface area contributed by atoms with E-state index >= 15 is 0 Å². The molecule has 0 unspecified atom stereocenters. The van der Waals surface area contributed by atoms with Gasteiger partial charge in [0.1, 0.15) is 5.82 Å². The van der Waals surface area contributed by atoms with Crippen molar-refractivity contribution in [3.05, 3.63) is 50.7 Å². The van der Waals surface area contributed by atoms with Gasteiger partial charge in [-0.1, -0.05) is 0 Å². The fraction of sp³-hybridized carbons (Fsp3) is 0.471. The Kier molecular flexibility index (Phi) is 5.15. The van der Waals surface area contributed by atoms with Gasteiger partial charge >= 0.3 is 5.69 Å². The quantitative estimate of drug-likeness (QED) is 0.803. The molecule has 1 amide bonds. The van der Waals surface area contributed by atoms with E-state index in [2.05, 4.69) is 19.9 Å². The number of aryl methyl sites for hydroxylation is 3. The largest absolute Gasteiger partial charge is 0.352 e. The van der Waals surface area contributed by atoms with Crippen LogP contribution < -0.4 is 16.1 Å². The first kappa shape index (κ1) is 17.8.